The number of amides is 1. The maximum atomic E-state index is 12.2. The molecule has 2 heterocycles. The van der Waals surface area contributed by atoms with Crippen LogP contribution in [-0.2, 0) is 17.6 Å². The van der Waals surface area contributed by atoms with Gasteiger partial charge >= 0.3 is 0 Å². The molecule has 1 atom stereocenters. The maximum Gasteiger partial charge on any atom is 0.223 e. The van der Waals surface area contributed by atoms with Gasteiger partial charge in [-0.25, -0.2) is 4.98 Å². The first kappa shape index (κ1) is 15.2. The molecule has 1 aliphatic carbocycles. The van der Waals surface area contributed by atoms with Crippen LogP contribution in [0.25, 0.3) is 10.6 Å². The molecule has 0 saturated carbocycles. The van der Waals surface area contributed by atoms with E-state index in [1.165, 1.54) is 10.6 Å². The molecule has 0 fully saturated rings. The quantitative estimate of drug-likeness (QED) is 0.862. The van der Waals surface area contributed by atoms with Crippen LogP contribution in [0.2, 0.25) is 0 Å². The van der Waals surface area contributed by atoms with E-state index in [4.69, 9.17) is 4.98 Å². The van der Waals surface area contributed by atoms with Gasteiger partial charge in [-0.15, -0.1) is 11.3 Å². The number of carbonyl (C=O) groups is 1. The van der Waals surface area contributed by atoms with Gasteiger partial charge < -0.3 is 5.32 Å². The SMILES string of the molecule is CCCCNC(=O)C1CCc2nc(-c3ccncc3)sc2C1. The number of aromatic nitrogens is 2. The highest BCUT2D eigenvalue weighted by molar-refractivity contribution is 7.15. The molecule has 4 nitrogen and oxygen atoms in total. The maximum absolute atomic E-state index is 12.2. The van der Waals surface area contributed by atoms with Crippen molar-refractivity contribution in [1.82, 2.24) is 15.3 Å². The van der Waals surface area contributed by atoms with Crippen LogP contribution in [0.4, 0.5) is 0 Å². The van der Waals surface area contributed by atoms with E-state index in [-0.39, 0.29) is 11.8 Å². The zero-order chi connectivity index (χ0) is 15.4. The van der Waals surface area contributed by atoms with Crippen molar-refractivity contribution in [2.75, 3.05) is 6.54 Å². The van der Waals surface area contributed by atoms with Crippen molar-refractivity contribution < 1.29 is 4.79 Å². The molecule has 1 aliphatic rings. The van der Waals surface area contributed by atoms with Gasteiger partial charge in [-0.1, -0.05) is 13.3 Å². The monoisotopic (exact) mass is 315 g/mol. The molecule has 5 heteroatoms. The summed E-state index contributed by atoms with van der Waals surface area (Å²) < 4.78 is 0. The van der Waals surface area contributed by atoms with Crippen LogP contribution < -0.4 is 5.32 Å². The summed E-state index contributed by atoms with van der Waals surface area (Å²) in [5, 5.41) is 4.10. The Balaban J connectivity index is 1.68. The normalized spacial score (nSPS) is 17.0. The van der Waals surface area contributed by atoms with Gasteiger partial charge in [-0.2, -0.15) is 0 Å². The third kappa shape index (κ3) is 3.35. The van der Waals surface area contributed by atoms with Crippen molar-refractivity contribution in [3.05, 3.63) is 35.1 Å². The summed E-state index contributed by atoms with van der Waals surface area (Å²) in [7, 11) is 0. The lowest BCUT2D eigenvalue weighted by Gasteiger charge is -2.20. The molecular formula is C17H21N3OS. The topological polar surface area (TPSA) is 54.9 Å². The molecule has 116 valence electrons. The second-order valence-corrected chi connectivity index (χ2v) is 6.79. The number of thiazole rings is 1. The largest absolute Gasteiger partial charge is 0.356 e. The minimum Gasteiger partial charge on any atom is -0.356 e. The summed E-state index contributed by atoms with van der Waals surface area (Å²) in [6.45, 7) is 2.93. The Bertz CT molecular complexity index is 639. The third-order valence-electron chi connectivity index (χ3n) is 4.07. The number of fused-ring (bicyclic) bond motifs is 1. The van der Waals surface area contributed by atoms with Crippen molar-refractivity contribution in [2.24, 2.45) is 5.92 Å². The smallest absolute Gasteiger partial charge is 0.223 e. The van der Waals surface area contributed by atoms with Gasteiger partial charge in [0.1, 0.15) is 5.01 Å². The lowest BCUT2D eigenvalue weighted by Crippen LogP contribution is -2.34. The lowest BCUT2D eigenvalue weighted by atomic mass is 9.90. The van der Waals surface area contributed by atoms with E-state index in [2.05, 4.69) is 17.2 Å². The fraction of sp³-hybridized carbons (Fsp3) is 0.471. The van der Waals surface area contributed by atoms with Crippen LogP contribution in [0.15, 0.2) is 24.5 Å². The minimum absolute atomic E-state index is 0.107. The van der Waals surface area contributed by atoms with Crippen molar-refractivity contribution in [2.45, 2.75) is 39.0 Å². The van der Waals surface area contributed by atoms with Gasteiger partial charge in [0, 0.05) is 35.3 Å². The molecule has 2 aromatic heterocycles. The van der Waals surface area contributed by atoms with E-state index in [0.29, 0.717) is 0 Å². The number of nitrogens with zero attached hydrogens (tertiary/aromatic N) is 2. The Morgan fingerprint density at radius 2 is 2.23 bits per heavy atom. The molecule has 0 saturated heterocycles. The van der Waals surface area contributed by atoms with Crippen LogP contribution >= 0.6 is 11.3 Å². The van der Waals surface area contributed by atoms with Crippen molar-refractivity contribution in [3.63, 3.8) is 0 Å². The van der Waals surface area contributed by atoms with Gasteiger partial charge in [0.2, 0.25) is 5.91 Å². The van der Waals surface area contributed by atoms with E-state index in [1.54, 1.807) is 23.7 Å². The van der Waals surface area contributed by atoms with Gasteiger partial charge in [-0.3, -0.25) is 9.78 Å². The van der Waals surface area contributed by atoms with E-state index in [9.17, 15) is 4.79 Å². The summed E-state index contributed by atoms with van der Waals surface area (Å²) in [6.07, 6.45) is 8.39. The first-order valence-electron chi connectivity index (χ1n) is 7.94. The number of carbonyl (C=O) groups excluding carboxylic acids is 1. The Morgan fingerprint density at radius 3 is 3.00 bits per heavy atom. The number of aryl methyl sites for hydroxylation is 1. The third-order valence-corrected chi connectivity index (χ3v) is 5.24. The highest BCUT2D eigenvalue weighted by Crippen LogP contribution is 2.34. The number of nitrogens with one attached hydrogen (secondary N) is 1. The number of hydrogen-bond donors (Lipinski definition) is 1. The van der Waals surface area contributed by atoms with Crippen LogP contribution in [0.3, 0.4) is 0 Å². The molecular weight excluding hydrogens is 294 g/mol. The second kappa shape index (κ2) is 7.01. The van der Waals surface area contributed by atoms with Crippen LogP contribution in [0.5, 0.6) is 0 Å². The zero-order valence-electron chi connectivity index (χ0n) is 12.8. The van der Waals surface area contributed by atoms with Gasteiger partial charge in [0.25, 0.3) is 0 Å². The van der Waals surface area contributed by atoms with Crippen molar-refractivity contribution in [1.29, 1.82) is 0 Å². The molecule has 0 aliphatic heterocycles. The average Bonchev–Trinajstić information content (AvgIpc) is 2.99. The van der Waals surface area contributed by atoms with Crippen molar-refractivity contribution in [3.8, 4) is 10.6 Å². The van der Waals surface area contributed by atoms with Crippen LogP contribution in [0, 0.1) is 5.92 Å². The molecule has 22 heavy (non-hydrogen) atoms. The van der Waals surface area contributed by atoms with E-state index in [1.807, 2.05) is 12.1 Å². The van der Waals surface area contributed by atoms with E-state index < -0.39 is 0 Å². The number of unbranched alkanes of at least 4 members (excludes halogenated alkanes) is 1. The zero-order valence-corrected chi connectivity index (χ0v) is 13.7. The highest BCUT2D eigenvalue weighted by Gasteiger charge is 2.27. The molecule has 0 bridgehead atoms. The Morgan fingerprint density at radius 1 is 1.41 bits per heavy atom. The number of hydrogen-bond acceptors (Lipinski definition) is 4. The van der Waals surface area contributed by atoms with Crippen LogP contribution in [-0.4, -0.2) is 22.4 Å². The average molecular weight is 315 g/mol. The molecule has 1 amide bonds. The first-order chi connectivity index (χ1) is 10.8. The molecule has 0 aromatic carbocycles. The number of pyridine rings is 1. The summed E-state index contributed by atoms with van der Waals surface area (Å²) in [5.74, 6) is 0.313. The molecule has 1 unspecified atom stereocenters. The predicted molar refractivity (Wildman–Crippen MR) is 88.8 cm³/mol. The molecule has 2 aromatic rings. The summed E-state index contributed by atoms with van der Waals surface area (Å²) in [4.78, 5) is 22.3. The predicted octanol–water partition coefficient (Wildman–Crippen LogP) is 3.23. The summed E-state index contributed by atoms with van der Waals surface area (Å²) >= 11 is 1.72. The molecule has 0 radical (unpaired) electrons. The standard InChI is InChI=1S/C17H21N3OS/c1-2-3-8-19-16(21)13-4-5-14-15(11-13)22-17(20-14)12-6-9-18-10-7-12/h6-7,9-10,13H,2-5,8,11H2,1H3,(H,19,21). The van der Waals surface area contributed by atoms with E-state index in [0.717, 1.165) is 49.2 Å². The van der Waals surface area contributed by atoms with Gasteiger partial charge in [0.05, 0.1) is 5.69 Å². The van der Waals surface area contributed by atoms with Gasteiger partial charge in [0.15, 0.2) is 0 Å². The Labute approximate surface area is 135 Å². The first-order valence-corrected chi connectivity index (χ1v) is 8.76. The molecule has 0 spiro atoms. The number of rotatable bonds is 5. The lowest BCUT2D eigenvalue weighted by molar-refractivity contribution is -0.125. The van der Waals surface area contributed by atoms with Crippen molar-refractivity contribution >= 4 is 17.2 Å². The highest BCUT2D eigenvalue weighted by atomic mass is 32.1. The van der Waals surface area contributed by atoms with Crippen LogP contribution in [0.1, 0.15) is 36.8 Å². The second-order valence-electron chi connectivity index (χ2n) is 5.71. The minimum atomic E-state index is 0.107. The Hall–Kier alpha value is -1.75. The summed E-state index contributed by atoms with van der Waals surface area (Å²) in [5.41, 5.74) is 2.28. The van der Waals surface area contributed by atoms with Gasteiger partial charge in [-0.05, 0) is 37.8 Å². The van der Waals surface area contributed by atoms with E-state index >= 15 is 0 Å². The summed E-state index contributed by atoms with van der Waals surface area (Å²) in [6, 6.07) is 3.97. The fourth-order valence-corrected chi connectivity index (χ4v) is 3.94. The fourth-order valence-electron chi connectivity index (χ4n) is 2.75. The molecule has 3 rings (SSSR count). The molecule has 1 N–H and O–H groups in total. The Kier molecular flexibility index (Phi) is 4.83.